The van der Waals surface area contributed by atoms with Gasteiger partial charge in [-0.05, 0) is 61.0 Å². The smallest absolute Gasteiger partial charge is 0.326 e. The molecule has 3 rings (SSSR count). The summed E-state index contributed by atoms with van der Waals surface area (Å²) in [5.74, 6) is -6.70. The quantitative estimate of drug-likeness (QED) is 0.0488. The maximum Gasteiger partial charge on any atom is 0.326 e. The van der Waals surface area contributed by atoms with E-state index in [1.807, 2.05) is 36.6 Å². The molecule has 2 fully saturated rings. The van der Waals surface area contributed by atoms with E-state index in [0.717, 1.165) is 69.8 Å². The van der Waals surface area contributed by atoms with Gasteiger partial charge in [-0.1, -0.05) is 115 Å². The topological polar surface area (TPSA) is 328 Å². The standard InChI is InChI=1S/C48H78N8O12S/c1-4-29(2)41(48(67)68)56-43(62)35(20-21-69-3)52-46(65)39(28-58)55-44(63)36(23-31-16-10-6-11-17-31)50-26-33(22-30-14-8-5-9-15-30)51-45(64)37(24-32-18-12-7-13-19-32)53-47(66)38(27-57)54-42(61)34(49)25-40(59)60/h5,8-9,14-15,29,31-39,41,50,57-58H,4,6-7,10-13,16-28,49H2,1-3H3,(H,51,64)(H,52,65)(H,53,66)(H,54,61)(H,55,63)(H,56,62)(H,59,60)(H,67,68)/t29-,33+,34+,35+,36+,37+,38+,39+,41+/m1/s1. The van der Waals surface area contributed by atoms with Gasteiger partial charge >= 0.3 is 11.9 Å². The van der Waals surface area contributed by atoms with Crippen molar-refractivity contribution < 1.29 is 58.8 Å². The second-order valence-electron chi connectivity index (χ2n) is 18.6. The second kappa shape index (κ2) is 31.4. The molecule has 20 nitrogen and oxygen atoms in total. The van der Waals surface area contributed by atoms with Crippen LogP contribution in [-0.2, 0) is 44.8 Å². The van der Waals surface area contributed by atoms with Gasteiger partial charge in [-0.2, -0.15) is 11.8 Å². The first kappa shape index (κ1) is 58.5. The molecule has 2 aliphatic rings. The van der Waals surface area contributed by atoms with E-state index in [1.165, 1.54) is 11.8 Å². The number of nitrogens with two attached hydrogens (primary N) is 1. The predicted octanol–water partition coefficient (Wildman–Crippen LogP) is 0.707. The average molecular weight is 991 g/mol. The zero-order chi connectivity index (χ0) is 50.9. The van der Waals surface area contributed by atoms with Gasteiger partial charge in [0.25, 0.3) is 0 Å². The molecule has 388 valence electrons. The van der Waals surface area contributed by atoms with E-state index in [2.05, 4.69) is 37.2 Å². The lowest BCUT2D eigenvalue weighted by Gasteiger charge is -2.31. The summed E-state index contributed by atoms with van der Waals surface area (Å²) in [5, 5.41) is 58.7. The molecule has 9 atom stereocenters. The van der Waals surface area contributed by atoms with Gasteiger partial charge in [-0.3, -0.25) is 33.6 Å². The van der Waals surface area contributed by atoms with Gasteiger partial charge in [0, 0.05) is 12.6 Å². The fourth-order valence-corrected chi connectivity index (χ4v) is 9.36. The number of carbonyl (C=O) groups excluding carboxylic acids is 6. The van der Waals surface area contributed by atoms with E-state index in [9.17, 15) is 53.7 Å². The molecule has 0 spiro atoms. The summed E-state index contributed by atoms with van der Waals surface area (Å²) in [7, 11) is 0. The normalized spacial score (nSPS) is 18.3. The third-order valence-corrected chi connectivity index (χ3v) is 13.8. The maximum absolute atomic E-state index is 14.4. The Bertz CT molecular complexity index is 1800. The number of thioether (sulfide) groups is 1. The Kier molecular flexibility index (Phi) is 26.6. The Balaban J connectivity index is 1.87. The number of rotatable bonds is 31. The van der Waals surface area contributed by atoms with Gasteiger partial charge in [0.2, 0.25) is 35.4 Å². The highest BCUT2D eigenvalue weighted by Crippen LogP contribution is 2.29. The van der Waals surface area contributed by atoms with Crippen molar-refractivity contribution in [2.45, 2.75) is 165 Å². The van der Waals surface area contributed by atoms with Crippen LogP contribution in [0, 0.1) is 17.8 Å². The molecule has 0 aliphatic heterocycles. The van der Waals surface area contributed by atoms with Crippen LogP contribution in [0.5, 0.6) is 0 Å². The Labute approximate surface area is 410 Å². The second-order valence-corrected chi connectivity index (χ2v) is 19.6. The Morgan fingerprint density at radius 3 is 1.64 bits per heavy atom. The number of aliphatic carboxylic acids is 2. The zero-order valence-electron chi connectivity index (χ0n) is 40.4. The van der Waals surface area contributed by atoms with E-state index in [4.69, 9.17) is 10.8 Å². The molecule has 0 saturated heterocycles. The number of hydrogen-bond acceptors (Lipinski definition) is 13. The minimum atomic E-state index is -1.53. The molecule has 0 aromatic heterocycles. The van der Waals surface area contributed by atoms with Crippen LogP contribution in [0.15, 0.2) is 30.3 Å². The van der Waals surface area contributed by atoms with Gasteiger partial charge in [0.1, 0.15) is 30.2 Å². The van der Waals surface area contributed by atoms with Crippen LogP contribution < -0.4 is 43.0 Å². The van der Waals surface area contributed by atoms with Crippen molar-refractivity contribution in [2.24, 2.45) is 23.5 Å². The summed E-state index contributed by atoms with van der Waals surface area (Å²) < 4.78 is 0. The summed E-state index contributed by atoms with van der Waals surface area (Å²) in [6.45, 7) is 1.91. The minimum Gasteiger partial charge on any atom is -0.481 e. The third-order valence-electron chi connectivity index (χ3n) is 13.2. The number of hydrogen-bond donors (Lipinski definition) is 12. The maximum atomic E-state index is 14.4. The van der Waals surface area contributed by atoms with E-state index < -0.39 is 121 Å². The average Bonchev–Trinajstić information content (AvgIpc) is 3.33. The fourth-order valence-electron chi connectivity index (χ4n) is 8.89. The van der Waals surface area contributed by atoms with Gasteiger partial charge in [-0.25, -0.2) is 4.79 Å². The summed E-state index contributed by atoms with van der Waals surface area (Å²) in [6, 6.07) is -0.143. The number of aliphatic hydroxyl groups excluding tert-OH is 2. The Morgan fingerprint density at radius 2 is 1.13 bits per heavy atom. The first-order valence-electron chi connectivity index (χ1n) is 24.5. The van der Waals surface area contributed by atoms with Gasteiger partial charge < -0.3 is 63.4 Å². The third kappa shape index (κ3) is 21.0. The van der Waals surface area contributed by atoms with Crippen LogP contribution >= 0.6 is 11.8 Å². The molecule has 2 aliphatic carbocycles. The van der Waals surface area contributed by atoms with Crippen LogP contribution in [0.4, 0.5) is 0 Å². The van der Waals surface area contributed by atoms with E-state index >= 15 is 0 Å². The Morgan fingerprint density at radius 1 is 0.652 bits per heavy atom. The monoisotopic (exact) mass is 991 g/mol. The van der Waals surface area contributed by atoms with Crippen LogP contribution in [0.25, 0.3) is 0 Å². The summed E-state index contributed by atoms with van der Waals surface area (Å²) in [5.41, 5.74) is 6.55. The van der Waals surface area contributed by atoms with E-state index in [0.29, 0.717) is 25.0 Å². The van der Waals surface area contributed by atoms with Crippen LogP contribution in [0.3, 0.4) is 0 Å². The molecular formula is C48H78N8O12S. The highest BCUT2D eigenvalue weighted by molar-refractivity contribution is 7.98. The number of nitrogens with one attached hydrogen (secondary N) is 7. The molecule has 1 aromatic carbocycles. The van der Waals surface area contributed by atoms with Gasteiger partial charge in [0.15, 0.2) is 0 Å². The summed E-state index contributed by atoms with van der Waals surface area (Å²) in [6.07, 6.45) is 12.1. The van der Waals surface area contributed by atoms with E-state index in [-0.39, 0.29) is 31.2 Å². The lowest BCUT2D eigenvalue weighted by atomic mass is 9.84. The molecule has 0 bridgehead atoms. The molecule has 1 aromatic rings. The van der Waals surface area contributed by atoms with E-state index in [1.54, 1.807) is 13.8 Å². The lowest BCUT2D eigenvalue weighted by molar-refractivity contribution is -0.144. The van der Waals surface area contributed by atoms with Crippen molar-refractivity contribution in [3.63, 3.8) is 0 Å². The fraction of sp³-hybridized carbons (Fsp3) is 0.708. The number of carbonyl (C=O) groups is 8. The van der Waals surface area contributed by atoms with Crippen molar-refractivity contribution in [3.05, 3.63) is 35.9 Å². The molecule has 0 heterocycles. The number of carboxylic acids is 2. The lowest BCUT2D eigenvalue weighted by Crippen LogP contribution is -2.60. The number of benzene rings is 1. The summed E-state index contributed by atoms with van der Waals surface area (Å²) >= 11 is 1.42. The van der Waals surface area contributed by atoms with Crippen molar-refractivity contribution in [2.75, 3.05) is 31.8 Å². The number of amides is 6. The van der Waals surface area contributed by atoms with Gasteiger partial charge in [0.05, 0.1) is 31.7 Å². The molecule has 2 saturated carbocycles. The van der Waals surface area contributed by atoms with Crippen molar-refractivity contribution in [1.29, 1.82) is 0 Å². The molecule has 0 radical (unpaired) electrons. The number of carboxylic acid groups (broad SMARTS) is 2. The summed E-state index contributed by atoms with van der Waals surface area (Å²) in [4.78, 5) is 105. The van der Waals surface area contributed by atoms with Crippen LogP contribution in [0.2, 0.25) is 0 Å². The van der Waals surface area contributed by atoms with Crippen molar-refractivity contribution >= 4 is 59.1 Å². The molecule has 0 unspecified atom stereocenters. The Hall–Kier alpha value is -4.83. The SMILES string of the molecule is CC[C@@H](C)[C@H](NC(=O)[C@H](CCSC)NC(=O)[C@H](CO)NC(=O)[C@H](CC1CCCCC1)NC[C@H](Cc1ccccc1)NC(=O)[C@H](CC1CCCCC1)NC(=O)[C@H](CO)NC(=O)[C@@H](N)CC(=O)O)C(=O)O. The van der Waals surface area contributed by atoms with Crippen LogP contribution in [0.1, 0.15) is 116 Å². The highest BCUT2D eigenvalue weighted by atomic mass is 32.2. The van der Waals surface area contributed by atoms with Crippen molar-refractivity contribution in [1.82, 2.24) is 37.2 Å². The molecule has 13 N–H and O–H groups in total. The highest BCUT2D eigenvalue weighted by Gasteiger charge is 2.35. The van der Waals surface area contributed by atoms with Crippen LogP contribution in [-0.4, -0.2) is 148 Å². The predicted molar refractivity (Wildman–Crippen MR) is 260 cm³/mol. The first-order chi connectivity index (χ1) is 33.0. The molecular weight excluding hydrogens is 913 g/mol. The molecule has 6 amide bonds. The number of aliphatic hydroxyl groups is 2. The first-order valence-corrected chi connectivity index (χ1v) is 25.9. The largest absolute Gasteiger partial charge is 0.481 e. The van der Waals surface area contributed by atoms with Crippen molar-refractivity contribution in [3.8, 4) is 0 Å². The molecule has 21 heteroatoms. The van der Waals surface area contributed by atoms with Gasteiger partial charge in [-0.15, -0.1) is 0 Å². The molecule has 69 heavy (non-hydrogen) atoms. The zero-order valence-corrected chi connectivity index (χ0v) is 41.2. The minimum absolute atomic E-state index is 0.0557.